The van der Waals surface area contributed by atoms with Crippen LogP contribution in [-0.2, 0) is 6.42 Å². The second kappa shape index (κ2) is 7.51. The van der Waals surface area contributed by atoms with Crippen LogP contribution in [0.3, 0.4) is 0 Å². The first-order valence-corrected chi connectivity index (χ1v) is 9.27. The lowest BCUT2D eigenvalue weighted by Crippen LogP contribution is -2.44. The molecule has 0 radical (unpaired) electrons. The van der Waals surface area contributed by atoms with E-state index in [0.717, 1.165) is 50.3 Å². The summed E-state index contributed by atoms with van der Waals surface area (Å²) >= 11 is 0. The maximum absolute atomic E-state index is 13.0. The monoisotopic (exact) mass is 330 g/mol. The highest BCUT2D eigenvalue weighted by atomic mass is 16.2. The predicted molar refractivity (Wildman–Crippen MR) is 96.0 cm³/mol. The van der Waals surface area contributed by atoms with E-state index >= 15 is 0 Å². The maximum atomic E-state index is 13.0. The zero-order valence-corrected chi connectivity index (χ0v) is 15.2. The number of aromatic nitrogens is 2. The molecule has 1 amide bonds. The fraction of sp³-hybridized carbons (Fsp3) is 0.684. The van der Waals surface area contributed by atoms with Gasteiger partial charge in [0, 0.05) is 37.9 Å². The van der Waals surface area contributed by atoms with Crippen molar-refractivity contribution >= 4 is 5.91 Å². The molecule has 3 fully saturated rings. The average molecular weight is 330 g/mol. The molecular weight excluding hydrogens is 300 g/mol. The van der Waals surface area contributed by atoms with Crippen molar-refractivity contribution in [3.63, 3.8) is 0 Å². The van der Waals surface area contributed by atoms with Crippen molar-refractivity contribution < 1.29 is 4.79 Å². The molecule has 3 aliphatic heterocycles. The molecule has 2 bridgehead atoms. The van der Waals surface area contributed by atoms with Crippen LogP contribution in [0.25, 0.3) is 0 Å². The molecule has 24 heavy (non-hydrogen) atoms. The number of aryl methyl sites for hydroxylation is 1. The number of nitrogens with zero attached hydrogens (tertiary/aromatic N) is 3. The number of carbonyl (C=O) groups excluding carboxylic acids is 1. The Kier molecular flexibility index (Phi) is 5.39. The third kappa shape index (κ3) is 3.72. The molecule has 3 saturated heterocycles. The predicted octanol–water partition coefficient (Wildman–Crippen LogP) is 2.86. The second-order valence-corrected chi connectivity index (χ2v) is 7.55. The highest BCUT2D eigenvalue weighted by Crippen LogP contribution is 2.29. The van der Waals surface area contributed by atoms with E-state index in [4.69, 9.17) is 0 Å². The number of hydrogen-bond acceptors (Lipinski definition) is 3. The number of hydrogen-bond donors (Lipinski definition) is 1. The Morgan fingerprint density at radius 2 is 2.17 bits per heavy atom. The summed E-state index contributed by atoms with van der Waals surface area (Å²) in [4.78, 5) is 17.7. The van der Waals surface area contributed by atoms with E-state index in [2.05, 4.69) is 46.8 Å². The lowest BCUT2D eigenvalue weighted by Gasteiger charge is -2.35. The van der Waals surface area contributed by atoms with Gasteiger partial charge in [-0.05, 0) is 39.0 Å². The van der Waals surface area contributed by atoms with Gasteiger partial charge in [0.2, 0.25) is 0 Å². The molecule has 5 heteroatoms. The molecule has 4 rings (SSSR count). The van der Waals surface area contributed by atoms with E-state index in [1.54, 1.807) is 6.20 Å². The maximum Gasteiger partial charge on any atom is 0.257 e. The van der Waals surface area contributed by atoms with Gasteiger partial charge in [-0.1, -0.05) is 25.0 Å². The molecule has 4 heterocycles. The van der Waals surface area contributed by atoms with Gasteiger partial charge < -0.3 is 4.90 Å². The molecule has 0 saturated carbocycles. The molecule has 1 aromatic rings. The first-order valence-electron chi connectivity index (χ1n) is 9.27. The van der Waals surface area contributed by atoms with Crippen LogP contribution < -0.4 is 0 Å². The van der Waals surface area contributed by atoms with E-state index in [-0.39, 0.29) is 5.91 Å². The minimum Gasteiger partial charge on any atom is -0.337 e. The first kappa shape index (κ1) is 17.2. The summed E-state index contributed by atoms with van der Waals surface area (Å²) < 4.78 is 0. The third-order valence-electron chi connectivity index (χ3n) is 5.30. The molecule has 132 valence electrons. The van der Waals surface area contributed by atoms with Crippen molar-refractivity contribution in [2.45, 2.75) is 52.5 Å². The highest BCUT2D eigenvalue weighted by molar-refractivity contribution is 5.95. The van der Waals surface area contributed by atoms with Crippen LogP contribution in [0.1, 0.15) is 56.1 Å². The van der Waals surface area contributed by atoms with Crippen LogP contribution in [0.5, 0.6) is 0 Å². The number of H-pyrrole nitrogens is 1. The Morgan fingerprint density at radius 3 is 2.92 bits per heavy atom. The summed E-state index contributed by atoms with van der Waals surface area (Å²) in [6.45, 7) is 10.3. The normalized spacial score (nSPS) is 24.0. The summed E-state index contributed by atoms with van der Waals surface area (Å²) in [5.74, 6) is 0.757. The van der Waals surface area contributed by atoms with Crippen molar-refractivity contribution in [2.24, 2.45) is 5.92 Å². The van der Waals surface area contributed by atoms with Gasteiger partial charge in [0.15, 0.2) is 0 Å². The number of carbonyl (C=O) groups is 1. The minimum absolute atomic E-state index is 0.160. The lowest BCUT2D eigenvalue weighted by molar-refractivity contribution is 0.0739. The molecule has 1 aromatic heterocycles. The number of nitrogens with one attached hydrogen (secondary N) is 1. The Labute approximate surface area is 145 Å². The summed E-state index contributed by atoms with van der Waals surface area (Å²) in [6.07, 6.45) is 8.37. The summed E-state index contributed by atoms with van der Waals surface area (Å²) in [6, 6.07) is 0.491. The van der Waals surface area contributed by atoms with Crippen LogP contribution >= 0.6 is 0 Å². The number of rotatable bonds is 5. The Hall–Kier alpha value is -1.62. The number of allylic oxidation sites excluding steroid dienone is 1. The summed E-state index contributed by atoms with van der Waals surface area (Å²) in [5, 5.41) is 7.11. The van der Waals surface area contributed by atoms with Crippen molar-refractivity contribution in [3.8, 4) is 0 Å². The summed E-state index contributed by atoms with van der Waals surface area (Å²) in [5.41, 5.74) is 3.13. The molecule has 0 aliphatic carbocycles. The van der Waals surface area contributed by atoms with Gasteiger partial charge in [0.25, 0.3) is 5.91 Å². The van der Waals surface area contributed by atoms with Crippen molar-refractivity contribution in [1.29, 1.82) is 0 Å². The number of fused-ring (bicyclic) bond motifs is 4. The van der Waals surface area contributed by atoms with Crippen LogP contribution in [0.4, 0.5) is 0 Å². The molecule has 0 unspecified atom stereocenters. The Morgan fingerprint density at radius 1 is 1.33 bits per heavy atom. The average Bonchev–Trinajstić information content (AvgIpc) is 2.82. The van der Waals surface area contributed by atoms with Crippen LogP contribution in [0.15, 0.2) is 17.8 Å². The van der Waals surface area contributed by atoms with Crippen LogP contribution in [-0.4, -0.2) is 58.1 Å². The van der Waals surface area contributed by atoms with Gasteiger partial charge in [0.1, 0.15) is 0 Å². The second-order valence-electron chi connectivity index (χ2n) is 7.55. The zero-order chi connectivity index (χ0) is 17.1. The number of piperidine rings is 1. The molecule has 5 nitrogen and oxygen atoms in total. The fourth-order valence-electron chi connectivity index (χ4n) is 3.98. The molecule has 1 N–H and O–H groups in total. The van der Waals surface area contributed by atoms with Crippen LogP contribution in [0.2, 0.25) is 0 Å². The summed E-state index contributed by atoms with van der Waals surface area (Å²) in [7, 11) is 0. The van der Waals surface area contributed by atoms with E-state index in [1.807, 2.05) is 0 Å². The molecule has 0 aromatic carbocycles. The van der Waals surface area contributed by atoms with Gasteiger partial charge in [-0.25, -0.2) is 0 Å². The minimum atomic E-state index is 0.160. The fourth-order valence-corrected chi connectivity index (χ4v) is 3.98. The first-order chi connectivity index (χ1) is 11.6. The van der Waals surface area contributed by atoms with E-state index in [9.17, 15) is 4.79 Å². The quantitative estimate of drug-likeness (QED) is 0.845. The Balaban J connectivity index is 1.73. The molecule has 0 spiro atoms. The van der Waals surface area contributed by atoms with Crippen molar-refractivity contribution in [1.82, 2.24) is 20.0 Å². The highest BCUT2D eigenvalue weighted by Gasteiger charge is 2.36. The smallest absolute Gasteiger partial charge is 0.257 e. The van der Waals surface area contributed by atoms with Gasteiger partial charge in [0.05, 0.1) is 11.8 Å². The zero-order valence-electron chi connectivity index (χ0n) is 15.2. The molecule has 3 aliphatic rings. The van der Waals surface area contributed by atoms with Crippen molar-refractivity contribution in [3.05, 3.63) is 29.1 Å². The number of aromatic amines is 1. The van der Waals surface area contributed by atoms with Gasteiger partial charge in [-0.3, -0.25) is 14.8 Å². The standard InChI is InChI=1S/C19H30N4O/c1-4-5-18-17(10-20-21-18)19(24)23-12-15-6-7-16(13-23)22(11-15)9-8-14(2)3/h8,10,15-16H,4-7,9,11-13H2,1-3H3,(H,20,21)/t15-,16-/m0/s1. The van der Waals surface area contributed by atoms with Gasteiger partial charge >= 0.3 is 0 Å². The number of amides is 1. The molecular formula is C19H30N4O. The Bertz CT molecular complexity index is 602. The van der Waals surface area contributed by atoms with E-state index in [0.29, 0.717) is 12.0 Å². The SMILES string of the molecule is CCCc1[nH]ncc1C(=O)N1C[C@H]2CC[C@@H](C1)N(CC=C(C)C)C2. The van der Waals surface area contributed by atoms with E-state index < -0.39 is 0 Å². The lowest BCUT2D eigenvalue weighted by atomic mass is 9.95. The van der Waals surface area contributed by atoms with Gasteiger partial charge in [-0.15, -0.1) is 0 Å². The molecule has 2 atom stereocenters. The van der Waals surface area contributed by atoms with Crippen LogP contribution in [0, 0.1) is 5.92 Å². The van der Waals surface area contributed by atoms with Crippen molar-refractivity contribution in [2.75, 3.05) is 26.2 Å². The largest absolute Gasteiger partial charge is 0.337 e. The topological polar surface area (TPSA) is 52.2 Å². The third-order valence-corrected chi connectivity index (χ3v) is 5.30. The van der Waals surface area contributed by atoms with Gasteiger partial charge in [-0.2, -0.15) is 5.10 Å². The van der Waals surface area contributed by atoms with E-state index in [1.165, 1.54) is 18.4 Å².